The van der Waals surface area contributed by atoms with E-state index < -0.39 is 0 Å². The normalized spacial score (nSPS) is 26.4. The molecule has 0 aromatic carbocycles. The Balaban J connectivity index is 1.91. The molecule has 1 saturated heterocycles. The summed E-state index contributed by atoms with van der Waals surface area (Å²) in [6, 6.07) is 0. The number of carbonyl (C=O) groups excluding carboxylic acids is 2. The Morgan fingerprint density at radius 2 is 1.86 bits per heavy atom. The summed E-state index contributed by atoms with van der Waals surface area (Å²) in [6.45, 7) is 10.5. The number of hydrogen-bond donors (Lipinski definition) is 1. The van der Waals surface area contributed by atoms with E-state index in [9.17, 15) is 9.59 Å². The van der Waals surface area contributed by atoms with E-state index in [1.54, 1.807) is 6.92 Å². The summed E-state index contributed by atoms with van der Waals surface area (Å²) in [5.74, 6) is -0.237. The summed E-state index contributed by atoms with van der Waals surface area (Å²) in [5.41, 5.74) is 0. The van der Waals surface area contributed by atoms with Crippen LogP contribution in [0.25, 0.3) is 0 Å². The second kappa shape index (κ2) is 8.39. The van der Waals surface area contributed by atoms with Gasteiger partial charge in [-0.2, -0.15) is 5.10 Å². The van der Waals surface area contributed by atoms with Gasteiger partial charge in [-0.15, -0.1) is 0 Å². The van der Waals surface area contributed by atoms with Gasteiger partial charge in [0.25, 0.3) is 0 Å². The zero-order valence-electron chi connectivity index (χ0n) is 13.6. The minimum absolute atomic E-state index is 0.0231. The monoisotopic (exact) mass is 308 g/mol. The van der Waals surface area contributed by atoms with Crippen LogP contribution in [0.15, 0.2) is 5.10 Å². The molecule has 0 aromatic heterocycles. The lowest BCUT2D eigenvalue weighted by Crippen LogP contribution is -2.47. The summed E-state index contributed by atoms with van der Waals surface area (Å²) in [6.07, 6.45) is 3.68. The van der Waals surface area contributed by atoms with E-state index in [1.807, 2.05) is 0 Å². The van der Waals surface area contributed by atoms with Crippen LogP contribution < -0.4 is 5.32 Å². The van der Waals surface area contributed by atoms with E-state index in [4.69, 9.17) is 0 Å². The predicted molar refractivity (Wildman–Crippen MR) is 86.7 cm³/mol. The fourth-order valence-electron chi connectivity index (χ4n) is 3.53. The molecule has 1 saturated carbocycles. The Bertz CT molecular complexity index is 407. The summed E-state index contributed by atoms with van der Waals surface area (Å²) in [7, 11) is 0. The number of amides is 1. The molecule has 1 aliphatic heterocycles. The molecule has 6 heteroatoms. The Morgan fingerprint density at radius 1 is 1.23 bits per heavy atom. The third-order valence-electron chi connectivity index (χ3n) is 4.87. The number of rotatable bonds is 6. The maximum absolute atomic E-state index is 12.7. The maximum Gasteiger partial charge on any atom is 0.246 e. The zero-order valence-corrected chi connectivity index (χ0v) is 13.6. The van der Waals surface area contributed by atoms with Gasteiger partial charge in [-0.05, 0) is 19.8 Å². The molecular formula is C16H28N4O2. The number of nitrogens with one attached hydrogen (secondary N) is 1. The lowest BCUT2D eigenvalue weighted by molar-refractivity contribution is -0.142. The first-order valence-electron chi connectivity index (χ1n) is 8.35. The quantitative estimate of drug-likeness (QED) is 0.580. The molecule has 2 atom stereocenters. The Kier molecular flexibility index (Phi) is 6.51. The van der Waals surface area contributed by atoms with Gasteiger partial charge in [0.1, 0.15) is 5.78 Å². The highest BCUT2D eigenvalue weighted by atomic mass is 16.2. The molecule has 1 aliphatic carbocycles. The Morgan fingerprint density at radius 3 is 2.45 bits per heavy atom. The van der Waals surface area contributed by atoms with Crippen molar-refractivity contribution < 1.29 is 9.59 Å². The van der Waals surface area contributed by atoms with Crippen molar-refractivity contribution in [2.24, 2.45) is 16.9 Å². The highest BCUT2D eigenvalue weighted by Crippen LogP contribution is 2.32. The van der Waals surface area contributed by atoms with Crippen LogP contribution in [0.3, 0.4) is 0 Å². The van der Waals surface area contributed by atoms with Crippen LogP contribution in [-0.4, -0.2) is 67.6 Å². The van der Waals surface area contributed by atoms with E-state index in [0.29, 0.717) is 6.54 Å². The molecule has 1 N–H and O–H groups in total. The van der Waals surface area contributed by atoms with Gasteiger partial charge in [0.2, 0.25) is 5.91 Å². The molecule has 2 fully saturated rings. The molecule has 1 heterocycles. The summed E-state index contributed by atoms with van der Waals surface area (Å²) >= 11 is 0. The van der Waals surface area contributed by atoms with Gasteiger partial charge in [0, 0.05) is 51.3 Å². The van der Waals surface area contributed by atoms with Crippen LogP contribution in [0.2, 0.25) is 0 Å². The number of ketones is 1. The van der Waals surface area contributed by atoms with Crippen molar-refractivity contribution in [1.29, 1.82) is 0 Å². The van der Waals surface area contributed by atoms with Crippen LogP contribution in [0, 0.1) is 11.8 Å². The Hall–Kier alpha value is -1.27. The topological polar surface area (TPSA) is 65.0 Å². The van der Waals surface area contributed by atoms with Crippen LogP contribution in [0.1, 0.15) is 32.6 Å². The Labute approximate surface area is 132 Å². The van der Waals surface area contributed by atoms with E-state index in [1.165, 1.54) is 5.01 Å². The van der Waals surface area contributed by atoms with Gasteiger partial charge in [-0.1, -0.05) is 12.8 Å². The van der Waals surface area contributed by atoms with Gasteiger partial charge < -0.3 is 5.32 Å². The van der Waals surface area contributed by atoms with E-state index in [2.05, 4.69) is 22.0 Å². The highest BCUT2D eigenvalue weighted by Gasteiger charge is 2.36. The number of nitrogens with zero attached hydrogens (tertiary/aromatic N) is 3. The average Bonchev–Trinajstić information content (AvgIpc) is 2.56. The first kappa shape index (κ1) is 17.1. The molecule has 2 rings (SSSR count). The SMILES string of the molecule is C=NN(CCN1CCNCC1)C(=O)[C@@H]1CCCCC1C(C)=O. The number of hydrazone groups is 1. The lowest BCUT2D eigenvalue weighted by atomic mass is 9.76. The maximum atomic E-state index is 12.7. The van der Waals surface area contributed by atoms with Crippen LogP contribution in [0.4, 0.5) is 0 Å². The van der Waals surface area contributed by atoms with Crippen molar-refractivity contribution >= 4 is 18.4 Å². The van der Waals surface area contributed by atoms with Gasteiger partial charge in [0.05, 0.1) is 6.54 Å². The smallest absolute Gasteiger partial charge is 0.246 e. The van der Waals surface area contributed by atoms with Crippen molar-refractivity contribution in [1.82, 2.24) is 15.2 Å². The number of carbonyl (C=O) groups is 2. The van der Waals surface area contributed by atoms with Crippen molar-refractivity contribution in [3.05, 3.63) is 0 Å². The van der Waals surface area contributed by atoms with Crippen molar-refractivity contribution in [3.63, 3.8) is 0 Å². The van der Waals surface area contributed by atoms with Crippen molar-refractivity contribution in [2.45, 2.75) is 32.6 Å². The largest absolute Gasteiger partial charge is 0.314 e. The molecule has 1 amide bonds. The number of hydrogen-bond acceptors (Lipinski definition) is 5. The first-order chi connectivity index (χ1) is 10.6. The van der Waals surface area contributed by atoms with Gasteiger partial charge in [-0.25, -0.2) is 5.01 Å². The summed E-state index contributed by atoms with van der Waals surface area (Å²) < 4.78 is 0. The molecule has 0 radical (unpaired) electrons. The number of piperazine rings is 1. The van der Waals surface area contributed by atoms with Crippen molar-refractivity contribution in [3.8, 4) is 0 Å². The minimum atomic E-state index is -0.209. The molecule has 0 aromatic rings. The fraction of sp³-hybridized carbons (Fsp3) is 0.812. The average molecular weight is 308 g/mol. The van der Waals surface area contributed by atoms with E-state index in [-0.39, 0.29) is 23.5 Å². The molecule has 6 nitrogen and oxygen atoms in total. The standard InChI is InChI=1S/C16H28N4O2/c1-13(21)14-5-3-4-6-15(14)16(22)20(17-2)12-11-19-9-7-18-8-10-19/h14-15,18H,2-12H2,1H3/t14?,15-/m1/s1. The molecule has 0 bridgehead atoms. The fourth-order valence-corrected chi connectivity index (χ4v) is 3.53. The first-order valence-corrected chi connectivity index (χ1v) is 8.35. The molecule has 124 valence electrons. The molecule has 22 heavy (non-hydrogen) atoms. The molecule has 2 aliphatic rings. The van der Waals surface area contributed by atoms with Crippen LogP contribution in [-0.2, 0) is 9.59 Å². The molecule has 0 spiro atoms. The van der Waals surface area contributed by atoms with E-state index >= 15 is 0 Å². The second-order valence-electron chi connectivity index (χ2n) is 6.30. The summed E-state index contributed by atoms with van der Waals surface area (Å²) in [4.78, 5) is 26.8. The second-order valence-corrected chi connectivity index (χ2v) is 6.30. The predicted octanol–water partition coefficient (Wildman–Crippen LogP) is 0.731. The highest BCUT2D eigenvalue weighted by molar-refractivity contribution is 5.87. The third kappa shape index (κ3) is 4.36. The van der Waals surface area contributed by atoms with Crippen LogP contribution >= 0.6 is 0 Å². The zero-order chi connectivity index (χ0) is 15.9. The third-order valence-corrected chi connectivity index (χ3v) is 4.87. The van der Waals surface area contributed by atoms with E-state index in [0.717, 1.165) is 58.4 Å². The number of Topliss-reactive ketones (excluding diaryl/α,β-unsaturated/α-hetero) is 1. The minimum Gasteiger partial charge on any atom is -0.314 e. The molecular weight excluding hydrogens is 280 g/mol. The van der Waals surface area contributed by atoms with Gasteiger partial charge in [-0.3, -0.25) is 14.5 Å². The lowest BCUT2D eigenvalue weighted by Gasteiger charge is -2.33. The summed E-state index contributed by atoms with van der Waals surface area (Å²) in [5, 5.41) is 8.72. The van der Waals surface area contributed by atoms with Crippen molar-refractivity contribution in [2.75, 3.05) is 39.3 Å². The van der Waals surface area contributed by atoms with Gasteiger partial charge in [0.15, 0.2) is 0 Å². The molecule has 1 unspecified atom stereocenters. The van der Waals surface area contributed by atoms with Gasteiger partial charge >= 0.3 is 0 Å². The van der Waals surface area contributed by atoms with Crippen LogP contribution in [0.5, 0.6) is 0 Å².